The minimum absolute atomic E-state index is 0.434. The molecule has 1 aromatic rings. The summed E-state index contributed by atoms with van der Waals surface area (Å²) in [6.45, 7) is 4.09. The van der Waals surface area contributed by atoms with E-state index in [1.807, 2.05) is 13.0 Å². The highest BCUT2D eigenvalue weighted by Gasteiger charge is 2.03. The summed E-state index contributed by atoms with van der Waals surface area (Å²) < 4.78 is 0. The lowest BCUT2D eigenvalue weighted by molar-refractivity contribution is 0.467. The second-order valence-electron chi connectivity index (χ2n) is 3.36. The van der Waals surface area contributed by atoms with Gasteiger partial charge >= 0.3 is 0 Å². The van der Waals surface area contributed by atoms with Crippen LogP contribution in [0.5, 0.6) is 5.75 Å². The first-order chi connectivity index (χ1) is 6.15. The van der Waals surface area contributed by atoms with E-state index in [0.29, 0.717) is 5.75 Å². The van der Waals surface area contributed by atoms with Gasteiger partial charge < -0.3 is 5.11 Å². The first-order valence-corrected chi connectivity index (χ1v) is 5.62. The van der Waals surface area contributed by atoms with Crippen molar-refractivity contribution in [2.45, 2.75) is 26.7 Å². The predicted octanol–water partition coefficient (Wildman–Crippen LogP) is 3.34. The van der Waals surface area contributed by atoms with Crippen LogP contribution in [0.25, 0.3) is 0 Å². The van der Waals surface area contributed by atoms with E-state index >= 15 is 0 Å². The first kappa shape index (κ1) is 10.6. The molecule has 0 atom stereocenters. The number of rotatable bonds is 3. The molecule has 2 heteroatoms. The summed E-state index contributed by atoms with van der Waals surface area (Å²) in [5.41, 5.74) is 3.46. The zero-order valence-electron chi connectivity index (χ0n) is 8.10. The van der Waals surface area contributed by atoms with Crippen molar-refractivity contribution in [1.29, 1.82) is 0 Å². The Balaban J connectivity index is 2.88. The molecule has 1 N–H and O–H groups in total. The zero-order valence-corrected chi connectivity index (χ0v) is 9.69. The Kier molecular flexibility index (Phi) is 3.79. The van der Waals surface area contributed by atoms with Crippen molar-refractivity contribution in [2.24, 2.45) is 0 Å². The molecule has 13 heavy (non-hydrogen) atoms. The van der Waals surface area contributed by atoms with E-state index in [1.54, 1.807) is 0 Å². The SMILES string of the molecule is Cc1cc(O)c(CCCBr)cc1C. The van der Waals surface area contributed by atoms with E-state index in [4.69, 9.17) is 0 Å². The van der Waals surface area contributed by atoms with E-state index in [1.165, 1.54) is 5.56 Å². The van der Waals surface area contributed by atoms with E-state index in [2.05, 4.69) is 28.9 Å². The number of benzene rings is 1. The summed E-state index contributed by atoms with van der Waals surface area (Å²) in [7, 11) is 0. The molecule has 0 fully saturated rings. The molecule has 0 aliphatic heterocycles. The van der Waals surface area contributed by atoms with Gasteiger partial charge in [0, 0.05) is 5.33 Å². The van der Waals surface area contributed by atoms with Crippen molar-refractivity contribution >= 4 is 15.9 Å². The summed E-state index contributed by atoms with van der Waals surface area (Å²) in [5, 5.41) is 10.6. The van der Waals surface area contributed by atoms with Gasteiger partial charge in [0.25, 0.3) is 0 Å². The quantitative estimate of drug-likeness (QED) is 0.807. The average molecular weight is 243 g/mol. The average Bonchev–Trinajstić information content (AvgIpc) is 2.09. The monoisotopic (exact) mass is 242 g/mol. The van der Waals surface area contributed by atoms with Gasteiger partial charge in [-0.1, -0.05) is 22.0 Å². The molecule has 0 unspecified atom stereocenters. The van der Waals surface area contributed by atoms with Crippen LogP contribution in [0.15, 0.2) is 12.1 Å². The Labute approximate surface area is 87.9 Å². The number of hydrogen-bond donors (Lipinski definition) is 1. The van der Waals surface area contributed by atoms with Crippen LogP contribution in [0.4, 0.5) is 0 Å². The van der Waals surface area contributed by atoms with Crippen LogP contribution in [0.3, 0.4) is 0 Å². The van der Waals surface area contributed by atoms with Gasteiger partial charge in [-0.05, 0) is 49.4 Å². The molecule has 0 bridgehead atoms. The third-order valence-corrected chi connectivity index (χ3v) is 2.84. The van der Waals surface area contributed by atoms with Crippen LogP contribution >= 0.6 is 15.9 Å². The molecule has 0 aliphatic rings. The van der Waals surface area contributed by atoms with Gasteiger partial charge in [0.15, 0.2) is 0 Å². The lowest BCUT2D eigenvalue weighted by Gasteiger charge is -2.07. The smallest absolute Gasteiger partial charge is 0.119 e. The fourth-order valence-electron chi connectivity index (χ4n) is 1.32. The first-order valence-electron chi connectivity index (χ1n) is 4.50. The Morgan fingerprint density at radius 1 is 1.23 bits per heavy atom. The van der Waals surface area contributed by atoms with Gasteiger partial charge in [0.2, 0.25) is 0 Å². The van der Waals surface area contributed by atoms with Gasteiger partial charge in [0.1, 0.15) is 5.75 Å². The standard InChI is InChI=1S/C11H15BrO/c1-8-6-10(4-3-5-12)11(13)7-9(8)2/h6-7,13H,3-5H2,1-2H3. The maximum Gasteiger partial charge on any atom is 0.119 e. The largest absolute Gasteiger partial charge is 0.508 e. The van der Waals surface area contributed by atoms with E-state index in [-0.39, 0.29) is 0 Å². The van der Waals surface area contributed by atoms with Crippen molar-refractivity contribution in [2.75, 3.05) is 5.33 Å². The van der Waals surface area contributed by atoms with Gasteiger partial charge in [0.05, 0.1) is 0 Å². The second-order valence-corrected chi connectivity index (χ2v) is 4.15. The van der Waals surface area contributed by atoms with E-state index in [9.17, 15) is 5.11 Å². The molecule has 0 aliphatic carbocycles. The molecule has 72 valence electrons. The number of halogens is 1. The van der Waals surface area contributed by atoms with Gasteiger partial charge in [-0.15, -0.1) is 0 Å². The van der Waals surface area contributed by atoms with Crippen molar-refractivity contribution in [3.05, 3.63) is 28.8 Å². The van der Waals surface area contributed by atoms with Crippen LogP contribution in [0, 0.1) is 13.8 Å². The molecule has 1 nitrogen and oxygen atoms in total. The minimum Gasteiger partial charge on any atom is -0.508 e. The normalized spacial score (nSPS) is 10.4. The number of aromatic hydroxyl groups is 1. The topological polar surface area (TPSA) is 20.2 Å². The highest BCUT2D eigenvalue weighted by atomic mass is 79.9. The van der Waals surface area contributed by atoms with Gasteiger partial charge in [-0.2, -0.15) is 0 Å². The van der Waals surface area contributed by atoms with Crippen LogP contribution in [0.2, 0.25) is 0 Å². The maximum absolute atomic E-state index is 9.63. The molecule has 0 aromatic heterocycles. The molecule has 0 saturated heterocycles. The maximum atomic E-state index is 9.63. The Bertz CT molecular complexity index is 294. The molecule has 1 aromatic carbocycles. The Morgan fingerprint density at radius 3 is 2.46 bits per heavy atom. The highest BCUT2D eigenvalue weighted by Crippen LogP contribution is 2.23. The lowest BCUT2D eigenvalue weighted by atomic mass is 10.0. The summed E-state index contributed by atoms with van der Waals surface area (Å²) >= 11 is 3.38. The predicted molar refractivity (Wildman–Crippen MR) is 59.7 cm³/mol. The number of aryl methyl sites for hydroxylation is 3. The third-order valence-electron chi connectivity index (χ3n) is 2.27. The highest BCUT2D eigenvalue weighted by molar-refractivity contribution is 9.09. The number of alkyl halides is 1. The van der Waals surface area contributed by atoms with Crippen molar-refractivity contribution in [3.63, 3.8) is 0 Å². The third kappa shape index (κ3) is 2.73. The minimum atomic E-state index is 0.434. The van der Waals surface area contributed by atoms with Crippen LogP contribution < -0.4 is 0 Å². The molecule has 0 spiro atoms. The molecule has 1 rings (SSSR count). The lowest BCUT2D eigenvalue weighted by Crippen LogP contribution is -1.90. The van der Waals surface area contributed by atoms with Gasteiger partial charge in [-0.3, -0.25) is 0 Å². The Hall–Kier alpha value is -0.500. The van der Waals surface area contributed by atoms with Crippen LogP contribution in [-0.4, -0.2) is 10.4 Å². The van der Waals surface area contributed by atoms with E-state index < -0.39 is 0 Å². The summed E-state index contributed by atoms with van der Waals surface area (Å²) in [6.07, 6.45) is 2.01. The molecule has 0 saturated carbocycles. The molecular weight excluding hydrogens is 228 g/mol. The molecular formula is C11H15BrO. The fourth-order valence-corrected chi connectivity index (χ4v) is 1.60. The molecule has 0 amide bonds. The van der Waals surface area contributed by atoms with Gasteiger partial charge in [-0.25, -0.2) is 0 Å². The number of hydrogen-bond acceptors (Lipinski definition) is 1. The van der Waals surface area contributed by atoms with Crippen LogP contribution in [0.1, 0.15) is 23.1 Å². The molecule has 0 heterocycles. The zero-order chi connectivity index (χ0) is 9.84. The summed E-state index contributed by atoms with van der Waals surface area (Å²) in [5.74, 6) is 0.434. The second kappa shape index (κ2) is 4.66. The van der Waals surface area contributed by atoms with Crippen molar-refractivity contribution < 1.29 is 5.11 Å². The molecule has 0 radical (unpaired) electrons. The summed E-state index contributed by atoms with van der Waals surface area (Å²) in [4.78, 5) is 0. The van der Waals surface area contributed by atoms with Crippen molar-refractivity contribution in [1.82, 2.24) is 0 Å². The van der Waals surface area contributed by atoms with Crippen LogP contribution in [-0.2, 0) is 6.42 Å². The summed E-state index contributed by atoms with van der Waals surface area (Å²) in [6, 6.07) is 3.92. The number of phenols is 1. The fraction of sp³-hybridized carbons (Fsp3) is 0.455. The van der Waals surface area contributed by atoms with Crippen molar-refractivity contribution in [3.8, 4) is 5.75 Å². The Morgan fingerprint density at radius 2 is 1.85 bits per heavy atom. The van der Waals surface area contributed by atoms with E-state index in [0.717, 1.165) is 29.3 Å². The number of phenolic OH excluding ortho intramolecular Hbond substituents is 1.